The van der Waals surface area contributed by atoms with Crippen LogP contribution in [0.4, 0.5) is 20.3 Å². The number of pyridine rings is 1. The molecule has 1 fully saturated rings. The number of anilines is 2. The molecular weight excluding hydrogens is 384 g/mol. The lowest BCUT2D eigenvalue weighted by Gasteiger charge is -2.41. The summed E-state index contributed by atoms with van der Waals surface area (Å²) in [7, 11) is 0. The number of nitrogens with one attached hydrogen (secondary N) is 1. The van der Waals surface area contributed by atoms with Crippen molar-refractivity contribution in [1.29, 1.82) is 0 Å². The zero-order valence-electron chi connectivity index (χ0n) is 15.1. The monoisotopic (exact) mass is 399 g/mol. The van der Waals surface area contributed by atoms with Gasteiger partial charge in [-0.25, -0.2) is 15.0 Å². The Kier molecular flexibility index (Phi) is 3.83. The Hall–Kier alpha value is -3.01. The van der Waals surface area contributed by atoms with E-state index in [9.17, 15) is 8.78 Å². The van der Waals surface area contributed by atoms with Gasteiger partial charge in [0.2, 0.25) is 5.82 Å². The summed E-state index contributed by atoms with van der Waals surface area (Å²) in [6.07, 6.45) is 2.80. The van der Waals surface area contributed by atoms with Crippen LogP contribution >= 0.6 is 11.3 Å². The molecule has 4 aromatic rings. The maximum absolute atomic E-state index is 13.8. The molecule has 5 heterocycles. The van der Waals surface area contributed by atoms with E-state index in [1.165, 1.54) is 23.6 Å². The third kappa shape index (κ3) is 2.55. The lowest BCUT2D eigenvalue weighted by atomic mass is 10.1. The Morgan fingerprint density at radius 2 is 1.96 bits per heavy atom. The van der Waals surface area contributed by atoms with Crippen molar-refractivity contribution in [2.75, 3.05) is 23.3 Å². The highest BCUT2D eigenvalue weighted by molar-refractivity contribution is 7.26. The average molecular weight is 399 g/mol. The Labute approximate surface area is 162 Å². The van der Waals surface area contributed by atoms with Gasteiger partial charge in [0.05, 0.1) is 27.6 Å². The fourth-order valence-electron chi connectivity index (χ4n) is 3.39. The fraction of sp³-hybridized carbons (Fsp3) is 0.278. The molecule has 0 atom stereocenters. The number of aromatic nitrogens is 5. The first-order chi connectivity index (χ1) is 13.5. The minimum absolute atomic E-state index is 0.0144. The lowest BCUT2D eigenvalue weighted by Crippen LogP contribution is -2.55. The van der Waals surface area contributed by atoms with Crippen LogP contribution < -0.4 is 10.2 Å². The van der Waals surface area contributed by atoms with Crippen LogP contribution in [-0.4, -0.2) is 44.3 Å². The Bertz CT molecular complexity index is 1220. The van der Waals surface area contributed by atoms with Crippen LogP contribution in [0.2, 0.25) is 0 Å². The summed E-state index contributed by atoms with van der Waals surface area (Å²) in [5, 5.41) is 12.5. The molecule has 0 spiro atoms. The number of hydrogen-bond acceptors (Lipinski definition) is 8. The third-order valence-corrected chi connectivity index (χ3v) is 6.09. The van der Waals surface area contributed by atoms with E-state index in [0.717, 1.165) is 37.5 Å². The quantitative estimate of drug-likeness (QED) is 0.530. The molecule has 10 heteroatoms. The first-order valence-corrected chi connectivity index (χ1v) is 9.53. The average Bonchev–Trinajstić information content (AvgIpc) is 3.04. The van der Waals surface area contributed by atoms with E-state index in [1.807, 2.05) is 13.8 Å². The molecule has 0 radical (unpaired) electrons. The highest BCUT2D eigenvalue weighted by Crippen LogP contribution is 2.39. The molecule has 5 rings (SSSR count). The number of rotatable bonds is 3. The molecule has 1 N–H and O–H groups in total. The minimum atomic E-state index is -1.10. The second kappa shape index (κ2) is 6.26. The van der Waals surface area contributed by atoms with Gasteiger partial charge < -0.3 is 10.2 Å². The topological polar surface area (TPSA) is 79.7 Å². The molecule has 4 aromatic heterocycles. The minimum Gasteiger partial charge on any atom is -0.376 e. The van der Waals surface area contributed by atoms with Crippen molar-refractivity contribution in [2.24, 2.45) is 0 Å². The highest BCUT2D eigenvalue weighted by atomic mass is 32.1. The predicted octanol–water partition coefficient (Wildman–Crippen LogP) is 3.23. The molecule has 1 saturated heterocycles. The highest BCUT2D eigenvalue weighted by Gasteiger charge is 2.31. The zero-order chi connectivity index (χ0) is 19.4. The summed E-state index contributed by atoms with van der Waals surface area (Å²) in [5.74, 6) is -1.24. The molecule has 0 unspecified atom stereocenters. The van der Waals surface area contributed by atoms with Crippen molar-refractivity contribution >= 4 is 43.3 Å². The molecule has 0 bridgehead atoms. The number of nitrogens with zero attached hydrogens (tertiary/aromatic N) is 6. The van der Waals surface area contributed by atoms with Gasteiger partial charge in [-0.05, 0) is 25.5 Å². The van der Waals surface area contributed by atoms with Crippen LogP contribution in [-0.2, 0) is 0 Å². The molecule has 0 aromatic carbocycles. The van der Waals surface area contributed by atoms with Crippen molar-refractivity contribution in [2.45, 2.75) is 19.9 Å². The first-order valence-electron chi connectivity index (χ1n) is 8.71. The smallest absolute Gasteiger partial charge is 0.251 e. The number of halogens is 2. The zero-order valence-corrected chi connectivity index (χ0v) is 15.9. The van der Waals surface area contributed by atoms with E-state index in [0.29, 0.717) is 13.1 Å². The second-order valence-electron chi connectivity index (χ2n) is 6.78. The Morgan fingerprint density at radius 1 is 1.14 bits per heavy atom. The third-order valence-electron chi connectivity index (χ3n) is 5.03. The van der Waals surface area contributed by atoms with Gasteiger partial charge in [-0.3, -0.25) is 0 Å². The maximum Gasteiger partial charge on any atom is 0.251 e. The van der Waals surface area contributed by atoms with Gasteiger partial charge in [0, 0.05) is 24.7 Å². The van der Waals surface area contributed by atoms with Gasteiger partial charge in [-0.15, -0.1) is 16.4 Å². The number of hydrogen-bond donors (Lipinski definition) is 1. The van der Waals surface area contributed by atoms with Crippen LogP contribution in [0.15, 0.2) is 18.6 Å². The molecular formula is C18H15F2N7S. The number of fused-ring (bicyclic) bond motifs is 3. The van der Waals surface area contributed by atoms with Crippen LogP contribution in [0.5, 0.6) is 0 Å². The standard InChI is InChI=1S/C18H15F2N7S/c1-8-9(2)25-26-18-12(8)14-15(28-18)17(23-7-22-14)27-5-10(6-27)24-11-3-4-21-16(20)13(11)19/h3-4,7,10H,5-6H2,1-2H3,(H,21,24). The van der Waals surface area contributed by atoms with E-state index in [2.05, 4.69) is 35.4 Å². The van der Waals surface area contributed by atoms with Crippen molar-refractivity contribution in [1.82, 2.24) is 25.1 Å². The van der Waals surface area contributed by atoms with E-state index in [-0.39, 0.29) is 11.7 Å². The van der Waals surface area contributed by atoms with Crippen LogP contribution in [0.1, 0.15) is 11.3 Å². The van der Waals surface area contributed by atoms with Gasteiger partial charge >= 0.3 is 0 Å². The number of aryl methyl sites for hydroxylation is 2. The second-order valence-corrected chi connectivity index (χ2v) is 7.78. The first kappa shape index (κ1) is 17.1. The van der Waals surface area contributed by atoms with Gasteiger partial charge in [0.15, 0.2) is 0 Å². The molecule has 7 nitrogen and oxygen atoms in total. The van der Waals surface area contributed by atoms with Gasteiger partial charge in [-0.2, -0.15) is 13.9 Å². The lowest BCUT2D eigenvalue weighted by molar-refractivity contribution is 0.476. The SMILES string of the molecule is Cc1nnc2sc3c(N4CC(Nc5ccnc(F)c5F)C4)ncnc3c2c1C. The normalized spacial score (nSPS) is 14.6. The summed E-state index contributed by atoms with van der Waals surface area (Å²) in [5.41, 5.74) is 2.94. The predicted molar refractivity (Wildman–Crippen MR) is 104 cm³/mol. The molecule has 0 saturated carbocycles. The van der Waals surface area contributed by atoms with Crippen molar-refractivity contribution in [3.63, 3.8) is 0 Å². The molecule has 1 aliphatic heterocycles. The summed E-state index contributed by atoms with van der Waals surface area (Å²) >= 11 is 1.52. The van der Waals surface area contributed by atoms with Crippen LogP contribution in [0.25, 0.3) is 20.4 Å². The van der Waals surface area contributed by atoms with Gasteiger partial charge in [0.25, 0.3) is 5.95 Å². The summed E-state index contributed by atoms with van der Waals surface area (Å²) in [6.45, 7) is 5.19. The maximum atomic E-state index is 13.8. The van der Waals surface area contributed by atoms with Crippen molar-refractivity contribution in [3.8, 4) is 0 Å². The van der Waals surface area contributed by atoms with Gasteiger partial charge in [0.1, 0.15) is 17.0 Å². The van der Waals surface area contributed by atoms with E-state index in [4.69, 9.17) is 0 Å². The largest absolute Gasteiger partial charge is 0.376 e. The molecule has 28 heavy (non-hydrogen) atoms. The van der Waals surface area contributed by atoms with E-state index < -0.39 is 11.8 Å². The van der Waals surface area contributed by atoms with Crippen molar-refractivity contribution < 1.29 is 8.78 Å². The van der Waals surface area contributed by atoms with Crippen LogP contribution in [0, 0.1) is 25.6 Å². The number of thiophene rings is 1. The fourth-order valence-corrected chi connectivity index (χ4v) is 4.54. The Morgan fingerprint density at radius 3 is 2.79 bits per heavy atom. The van der Waals surface area contributed by atoms with E-state index >= 15 is 0 Å². The summed E-state index contributed by atoms with van der Waals surface area (Å²) in [4.78, 5) is 15.2. The summed E-state index contributed by atoms with van der Waals surface area (Å²) < 4.78 is 28.0. The molecule has 0 aliphatic carbocycles. The van der Waals surface area contributed by atoms with Crippen LogP contribution in [0.3, 0.4) is 0 Å². The van der Waals surface area contributed by atoms with Crippen molar-refractivity contribution in [3.05, 3.63) is 41.6 Å². The van der Waals surface area contributed by atoms with Gasteiger partial charge in [-0.1, -0.05) is 0 Å². The summed E-state index contributed by atoms with van der Waals surface area (Å²) in [6, 6.07) is 1.42. The molecule has 1 aliphatic rings. The Balaban J connectivity index is 1.44. The molecule has 0 amide bonds. The molecule has 142 valence electrons. The van der Waals surface area contributed by atoms with E-state index in [1.54, 1.807) is 6.33 Å².